The normalized spacial score (nSPS) is 14.8. The molecule has 1 unspecified atom stereocenters. The zero-order valence-electron chi connectivity index (χ0n) is 18.1. The van der Waals surface area contributed by atoms with E-state index >= 15 is 0 Å². The van der Waals surface area contributed by atoms with E-state index in [1.165, 1.54) is 18.2 Å². The third-order valence-corrected chi connectivity index (χ3v) is 5.87. The predicted molar refractivity (Wildman–Crippen MR) is 137 cm³/mol. The number of allylic oxidation sites excluding steroid dienone is 1. The molecule has 0 saturated heterocycles. The fraction of sp³-hybridized carbons (Fsp3) is 0.0385. The lowest BCUT2D eigenvalue weighted by atomic mass is 10.0. The summed E-state index contributed by atoms with van der Waals surface area (Å²) in [5.41, 5.74) is 3.40. The molecule has 0 radical (unpaired) electrons. The first-order chi connectivity index (χ1) is 16.9. The zero-order chi connectivity index (χ0) is 24.4. The van der Waals surface area contributed by atoms with E-state index in [-0.39, 0.29) is 17.8 Å². The van der Waals surface area contributed by atoms with Gasteiger partial charge in [0, 0.05) is 21.8 Å². The largest absolute Gasteiger partial charge is 0.324 e. The highest BCUT2D eigenvalue weighted by molar-refractivity contribution is 6.30. The Bertz CT molecular complexity index is 1430. The van der Waals surface area contributed by atoms with Gasteiger partial charge in [0.15, 0.2) is 0 Å². The van der Waals surface area contributed by atoms with Crippen LogP contribution in [0.1, 0.15) is 22.7 Å². The van der Waals surface area contributed by atoms with Gasteiger partial charge in [-0.25, -0.2) is 9.07 Å². The Labute approximate surface area is 210 Å². The van der Waals surface area contributed by atoms with E-state index in [9.17, 15) is 9.18 Å². The van der Waals surface area contributed by atoms with Gasteiger partial charge in [-0.15, -0.1) is 5.10 Å². The molecule has 0 bridgehead atoms. The van der Waals surface area contributed by atoms with Crippen LogP contribution in [0.4, 0.5) is 16.3 Å². The standard InChI is InChI=1S/C26H18Cl2FN5O/c27-19-8-4-17(5-9-19)22-15-23(18-6-10-20(28)11-7-18)34-26(30-22)32-25(33-34)31-24(35)14-3-16-1-12-21(29)13-2-16/h1-15,23H,(H2,30,31,32,33,35)/b14-3+. The molecule has 0 fully saturated rings. The van der Waals surface area contributed by atoms with Crippen LogP contribution in [0.15, 0.2) is 84.9 Å². The van der Waals surface area contributed by atoms with E-state index in [1.807, 2.05) is 54.6 Å². The van der Waals surface area contributed by atoms with Crippen molar-refractivity contribution in [3.63, 3.8) is 0 Å². The Morgan fingerprint density at radius 2 is 1.63 bits per heavy atom. The number of fused-ring (bicyclic) bond motifs is 1. The first-order valence-electron chi connectivity index (χ1n) is 10.7. The van der Waals surface area contributed by atoms with Crippen LogP contribution in [0.3, 0.4) is 0 Å². The van der Waals surface area contributed by atoms with Gasteiger partial charge in [-0.3, -0.25) is 10.1 Å². The van der Waals surface area contributed by atoms with Crippen LogP contribution in [-0.4, -0.2) is 20.7 Å². The van der Waals surface area contributed by atoms with Crippen molar-refractivity contribution in [2.45, 2.75) is 6.04 Å². The van der Waals surface area contributed by atoms with Gasteiger partial charge in [0.2, 0.25) is 5.95 Å². The summed E-state index contributed by atoms with van der Waals surface area (Å²) in [5, 5.41) is 11.7. The summed E-state index contributed by atoms with van der Waals surface area (Å²) in [4.78, 5) is 16.9. The van der Waals surface area contributed by atoms with Crippen molar-refractivity contribution < 1.29 is 9.18 Å². The van der Waals surface area contributed by atoms with E-state index in [2.05, 4.69) is 20.7 Å². The van der Waals surface area contributed by atoms with Gasteiger partial charge >= 0.3 is 0 Å². The maximum atomic E-state index is 13.1. The molecule has 0 spiro atoms. The minimum atomic E-state index is -0.411. The number of rotatable bonds is 5. The zero-order valence-corrected chi connectivity index (χ0v) is 19.6. The molecule has 3 aromatic carbocycles. The monoisotopic (exact) mass is 505 g/mol. The van der Waals surface area contributed by atoms with Crippen LogP contribution >= 0.6 is 23.2 Å². The Kier molecular flexibility index (Phi) is 6.35. The lowest BCUT2D eigenvalue weighted by molar-refractivity contribution is -0.111. The average molecular weight is 506 g/mol. The molecule has 9 heteroatoms. The second-order valence-corrected chi connectivity index (χ2v) is 8.66. The summed E-state index contributed by atoms with van der Waals surface area (Å²) in [5.74, 6) is -0.138. The number of aromatic nitrogens is 3. The minimum absolute atomic E-state index is 0.144. The van der Waals surface area contributed by atoms with Crippen LogP contribution in [0.2, 0.25) is 10.0 Å². The highest BCUT2D eigenvalue weighted by Gasteiger charge is 2.25. The molecule has 1 aliphatic rings. The van der Waals surface area contributed by atoms with Crippen molar-refractivity contribution in [2.75, 3.05) is 10.6 Å². The van der Waals surface area contributed by atoms with E-state index in [1.54, 1.807) is 22.9 Å². The van der Waals surface area contributed by atoms with Gasteiger partial charge < -0.3 is 5.32 Å². The number of benzene rings is 3. The number of halogens is 3. The summed E-state index contributed by atoms with van der Waals surface area (Å²) in [6.07, 6.45) is 4.95. The molecule has 1 atom stereocenters. The van der Waals surface area contributed by atoms with Crippen molar-refractivity contribution in [3.8, 4) is 0 Å². The van der Waals surface area contributed by atoms with Crippen molar-refractivity contribution in [1.29, 1.82) is 0 Å². The fourth-order valence-corrected chi connectivity index (χ4v) is 3.89. The molecule has 6 nitrogen and oxygen atoms in total. The molecule has 0 saturated carbocycles. The molecule has 2 heterocycles. The fourth-order valence-electron chi connectivity index (χ4n) is 3.64. The van der Waals surface area contributed by atoms with Crippen molar-refractivity contribution in [3.05, 3.63) is 118 Å². The van der Waals surface area contributed by atoms with Gasteiger partial charge in [0.1, 0.15) is 11.9 Å². The van der Waals surface area contributed by atoms with Crippen molar-refractivity contribution in [2.24, 2.45) is 0 Å². The number of nitrogens with one attached hydrogen (secondary N) is 2. The second-order valence-electron chi connectivity index (χ2n) is 7.79. The molecule has 1 amide bonds. The third-order valence-electron chi connectivity index (χ3n) is 5.36. The molecule has 0 aliphatic carbocycles. The molecule has 35 heavy (non-hydrogen) atoms. The number of amides is 1. The van der Waals surface area contributed by atoms with E-state index < -0.39 is 5.91 Å². The van der Waals surface area contributed by atoms with Crippen molar-refractivity contribution in [1.82, 2.24) is 14.8 Å². The summed E-state index contributed by atoms with van der Waals surface area (Å²) in [6.45, 7) is 0. The highest BCUT2D eigenvalue weighted by Crippen LogP contribution is 2.34. The predicted octanol–water partition coefficient (Wildman–Crippen LogP) is 6.43. The van der Waals surface area contributed by atoms with E-state index in [4.69, 9.17) is 23.2 Å². The number of hydrogen-bond donors (Lipinski definition) is 2. The molecular weight excluding hydrogens is 488 g/mol. The smallest absolute Gasteiger partial charge is 0.250 e. The number of carbonyl (C=O) groups excluding carboxylic acids is 1. The maximum absolute atomic E-state index is 13.1. The third kappa shape index (κ3) is 5.26. The lowest BCUT2D eigenvalue weighted by Gasteiger charge is -2.24. The number of hydrogen-bond acceptors (Lipinski definition) is 4. The Hall–Kier alpha value is -3.94. The Morgan fingerprint density at radius 3 is 2.31 bits per heavy atom. The molecule has 1 aromatic heterocycles. The summed E-state index contributed by atoms with van der Waals surface area (Å²) in [6, 6.07) is 20.5. The topological polar surface area (TPSA) is 71.8 Å². The number of anilines is 2. The second kappa shape index (κ2) is 9.74. The van der Waals surface area contributed by atoms with Crippen LogP contribution in [-0.2, 0) is 4.79 Å². The molecular formula is C26H18Cl2FN5O. The first kappa shape index (κ1) is 22.8. The van der Waals surface area contributed by atoms with Crippen LogP contribution in [0, 0.1) is 5.82 Å². The van der Waals surface area contributed by atoms with Gasteiger partial charge in [-0.2, -0.15) is 4.98 Å². The van der Waals surface area contributed by atoms with Crippen LogP contribution in [0.25, 0.3) is 11.8 Å². The number of nitrogens with zero attached hydrogens (tertiary/aromatic N) is 3. The Balaban J connectivity index is 1.42. The van der Waals surface area contributed by atoms with Gasteiger partial charge in [-0.05, 0) is 65.2 Å². The van der Waals surface area contributed by atoms with Crippen LogP contribution < -0.4 is 10.6 Å². The SMILES string of the molecule is O=C(/C=C/c1ccc(F)cc1)Nc1nc2n(n1)C(c1ccc(Cl)cc1)C=C(c1ccc(Cl)cc1)N2. The quantitative estimate of drug-likeness (QED) is 0.306. The Morgan fingerprint density at radius 1 is 0.971 bits per heavy atom. The molecule has 174 valence electrons. The first-order valence-corrected chi connectivity index (χ1v) is 11.4. The summed E-state index contributed by atoms with van der Waals surface area (Å²) < 4.78 is 14.8. The maximum Gasteiger partial charge on any atom is 0.250 e. The molecule has 1 aliphatic heterocycles. The lowest BCUT2D eigenvalue weighted by Crippen LogP contribution is -2.20. The van der Waals surface area contributed by atoms with Gasteiger partial charge in [-0.1, -0.05) is 59.6 Å². The average Bonchev–Trinajstić information content (AvgIpc) is 3.26. The van der Waals surface area contributed by atoms with Crippen molar-refractivity contribution >= 4 is 52.8 Å². The van der Waals surface area contributed by atoms with Crippen LogP contribution in [0.5, 0.6) is 0 Å². The summed E-state index contributed by atoms with van der Waals surface area (Å²) >= 11 is 12.1. The highest BCUT2D eigenvalue weighted by atomic mass is 35.5. The van der Waals surface area contributed by atoms with Gasteiger partial charge in [0.05, 0.1) is 0 Å². The minimum Gasteiger partial charge on any atom is -0.324 e. The van der Waals surface area contributed by atoms with E-state index in [0.717, 1.165) is 16.8 Å². The summed E-state index contributed by atoms with van der Waals surface area (Å²) in [7, 11) is 0. The number of carbonyl (C=O) groups is 1. The molecule has 5 rings (SSSR count). The van der Waals surface area contributed by atoms with Gasteiger partial charge in [0.25, 0.3) is 11.9 Å². The molecule has 2 N–H and O–H groups in total. The molecule has 4 aromatic rings. The van der Waals surface area contributed by atoms with E-state index in [0.29, 0.717) is 21.6 Å².